The molecule has 0 saturated carbocycles. The molecule has 10 heteroatoms. The van der Waals surface area contributed by atoms with Gasteiger partial charge < -0.3 is 9.84 Å². The van der Waals surface area contributed by atoms with Gasteiger partial charge in [0.2, 0.25) is 0 Å². The van der Waals surface area contributed by atoms with Crippen LogP contribution in [0.1, 0.15) is 47.4 Å². The number of carbonyl (C=O) groups excluding carboxylic acids is 1. The molecule has 0 unspecified atom stereocenters. The number of aromatic nitrogens is 6. The van der Waals surface area contributed by atoms with E-state index in [1.165, 1.54) is 0 Å². The van der Waals surface area contributed by atoms with E-state index in [2.05, 4.69) is 51.3 Å². The minimum atomic E-state index is -0.328. The fourth-order valence-electron chi connectivity index (χ4n) is 3.55. The van der Waals surface area contributed by atoms with Crippen LogP contribution in [0.2, 0.25) is 0 Å². The molecule has 5 aromatic heterocycles. The van der Waals surface area contributed by atoms with Gasteiger partial charge in [0.25, 0.3) is 17.6 Å². The van der Waals surface area contributed by atoms with Crippen LogP contribution in [0.3, 0.4) is 0 Å². The van der Waals surface area contributed by atoms with Crippen LogP contribution in [0.4, 0.5) is 5.82 Å². The Bertz CT molecular complexity index is 1510. The zero-order chi connectivity index (χ0) is 24.0. The molecule has 9 nitrogen and oxygen atoms in total. The molecule has 0 bridgehead atoms. The topological polar surface area (TPSA) is 112 Å². The van der Waals surface area contributed by atoms with E-state index in [4.69, 9.17) is 4.52 Å². The largest absolute Gasteiger partial charge is 0.335 e. The molecule has 0 aliphatic carbocycles. The molecule has 0 aliphatic rings. The first-order valence-electron chi connectivity index (χ1n) is 10.7. The number of nitrogens with zero attached hydrogens (tertiary/aromatic N) is 6. The second-order valence-corrected chi connectivity index (χ2v) is 10.3. The number of thiophene rings is 1. The van der Waals surface area contributed by atoms with Crippen molar-refractivity contribution in [2.24, 2.45) is 0 Å². The molecule has 1 N–H and O–H groups in total. The fourth-order valence-corrected chi connectivity index (χ4v) is 4.37. The van der Waals surface area contributed by atoms with Gasteiger partial charge in [0.1, 0.15) is 5.82 Å². The summed E-state index contributed by atoms with van der Waals surface area (Å²) in [5, 5.41) is 12.3. The molecule has 0 saturated heterocycles. The van der Waals surface area contributed by atoms with Crippen LogP contribution in [0, 0.1) is 13.8 Å². The van der Waals surface area contributed by atoms with Crippen LogP contribution in [0.15, 0.2) is 47.2 Å². The maximum Gasteiger partial charge on any atom is 0.259 e. The maximum atomic E-state index is 13.6. The van der Waals surface area contributed by atoms with E-state index in [9.17, 15) is 4.79 Å². The van der Waals surface area contributed by atoms with Crippen LogP contribution >= 0.6 is 11.3 Å². The summed E-state index contributed by atoms with van der Waals surface area (Å²) < 4.78 is 6.97. The fraction of sp³-hybridized carbons (Fsp3) is 0.250. The van der Waals surface area contributed by atoms with E-state index >= 15 is 0 Å². The van der Waals surface area contributed by atoms with Crippen LogP contribution < -0.4 is 5.32 Å². The monoisotopic (exact) mass is 473 g/mol. The Morgan fingerprint density at radius 3 is 2.56 bits per heavy atom. The Kier molecular flexibility index (Phi) is 5.24. The number of hydrogen-bond acceptors (Lipinski definition) is 8. The van der Waals surface area contributed by atoms with E-state index in [0.717, 1.165) is 15.4 Å². The minimum absolute atomic E-state index is 0.237. The summed E-state index contributed by atoms with van der Waals surface area (Å²) in [6.45, 7) is 9.98. The van der Waals surface area contributed by atoms with Crippen molar-refractivity contribution in [2.45, 2.75) is 40.0 Å². The molecule has 5 rings (SSSR count). The highest BCUT2D eigenvalue weighted by Crippen LogP contribution is 2.32. The van der Waals surface area contributed by atoms with Crippen LogP contribution in [-0.4, -0.2) is 35.8 Å². The third-order valence-electron chi connectivity index (χ3n) is 5.32. The standard InChI is InChI=1S/C24H23N7O2S/c1-13-7-8-17(34-13)16-11-15(20-14(2)30-33-22(20)27-16)21(32)28-19-12-18(24(3,4)5)29-31(19)23-25-9-6-10-26-23/h6-12H,1-5H3,(H,28,32). The van der Waals surface area contributed by atoms with Gasteiger partial charge in [-0.1, -0.05) is 25.9 Å². The molecular weight excluding hydrogens is 450 g/mol. The summed E-state index contributed by atoms with van der Waals surface area (Å²) in [4.78, 5) is 28.9. The summed E-state index contributed by atoms with van der Waals surface area (Å²) in [6.07, 6.45) is 3.27. The van der Waals surface area contributed by atoms with Gasteiger partial charge in [0, 0.05) is 28.8 Å². The van der Waals surface area contributed by atoms with Gasteiger partial charge in [0.05, 0.1) is 32.9 Å². The quantitative estimate of drug-likeness (QED) is 0.387. The summed E-state index contributed by atoms with van der Waals surface area (Å²) in [5.41, 5.74) is 2.55. The van der Waals surface area contributed by atoms with Crippen molar-refractivity contribution in [1.82, 2.24) is 29.9 Å². The Morgan fingerprint density at radius 2 is 1.88 bits per heavy atom. The van der Waals surface area contributed by atoms with Gasteiger partial charge in [-0.05, 0) is 38.1 Å². The van der Waals surface area contributed by atoms with Crippen LogP contribution in [-0.2, 0) is 5.41 Å². The third kappa shape index (κ3) is 3.96. The highest BCUT2D eigenvalue weighted by Gasteiger charge is 2.25. The first kappa shape index (κ1) is 21.9. The summed E-state index contributed by atoms with van der Waals surface area (Å²) in [6, 6.07) is 9.35. The molecule has 172 valence electrons. The number of pyridine rings is 1. The molecule has 34 heavy (non-hydrogen) atoms. The average molecular weight is 474 g/mol. The van der Waals surface area contributed by atoms with Crippen molar-refractivity contribution >= 4 is 34.2 Å². The molecule has 0 aliphatic heterocycles. The van der Waals surface area contributed by atoms with Crippen molar-refractivity contribution in [3.63, 3.8) is 0 Å². The molecular formula is C24H23N7O2S. The molecule has 0 atom stereocenters. The zero-order valence-corrected chi connectivity index (χ0v) is 20.3. The van der Waals surface area contributed by atoms with Crippen molar-refractivity contribution in [1.29, 1.82) is 0 Å². The SMILES string of the molecule is Cc1ccc(-c2cc(C(=O)Nc3cc(C(C)(C)C)nn3-c3ncccn3)c3c(C)noc3n2)s1. The lowest BCUT2D eigenvalue weighted by Crippen LogP contribution is -2.17. The predicted molar refractivity (Wildman–Crippen MR) is 130 cm³/mol. The van der Waals surface area contributed by atoms with Crippen LogP contribution in [0.25, 0.3) is 27.6 Å². The lowest BCUT2D eigenvalue weighted by molar-refractivity contribution is 0.102. The first-order chi connectivity index (χ1) is 16.2. The van der Waals surface area contributed by atoms with Crippen molar-refractivity contribution in [3.8, 4) is 16.5 Å². The van der Waals surface area contributed by atoms with Gasteiger partial charge >= 0.3 is 0 Å². The smallest absolute Gasteiger partial charge is 0.259 e. The first-order valence-corrected chi connectivity index (χ1v) is 11.6. The maximum absolute atomic E-state index is 13.6. The molecule has 0 aromatic carbocycles. The Morgan fingerprint density at radius 1 is 1.12 bits per heavy atom. The minimum Gasteiger partial charge on any atom is -0.335 e. The number of carbonyl (C=O) groups is 1. The summed E-state index contributed by atoms with van der Waals surface area (Å²) in [5.74, 6) is 0.503. The normalized spacial score (nSPS) is 11.8. The van der Waals surface area contributed by atoms with Crippen molar-refractivity contribution in [3.05, 3.63) is 64.6 Å². The second kappa shape index (κ2) is 8.14. The number of anilines is 1. The van der Waals surface area contributed by atoms with Crippen LogP contribution in [0.5, 0.6) is 0 Å². The lowest BCUT2D eigenvalue weighted by atomic mass is 9.92. The predicted octanol–water partition coefficient (Wildman–Crippen LogP) is 5.09. The van der Waals surface area contributed by atoms with E-state index in [-0.39, 0.29) is 11.3 Å². The summed E-state index contributed by atoms with van der Waals surface area (Å²) in [7, 11) is 0. The van der Waals surface area contributed by atoms with Gasteiger partial charge in [-0.3, -0.25) is 4.79 Å². The molecule has 5 aromatic rings. The summed E-state index contributed by atoms with van der Waals surface area (Å²) >= 11 is 1.60. The number of amides is 1. The molecule has 0 radical (unpaired) electrons. The highest BCUT2D eigenvalue weighted by molar-refractivity contribution is 7.15. The number of fused-ring (bicyclic) bond motifs is 1. The third-order valence-corrected chi connectivity index (χ3v) is 6.34. The average Bonchev–Trinajstić information content (AvgIpc) is 3.52. The van der Waals surface area contributed by atoms with E-state index in [1.807, 2.05) is 25.1 Å². The second-order valence-electron chi connectivity index (χ2n) is 8.99. The highest BCUT2D eigenvalue weighted by atomic mass is 32.1. The molecule has 0 fully saturated rings. The number of rotatable bonds is 4. The van der Waals surface area contributed by atoms with Gasteiger partial charge in [-0.25, -0.2) is 15.0 Å². The van der Waals surface area contributed by atoms with Crippen molar-refractivity contribution < 1.29 is 9.32 Å². The van der Waals surface area contributed by atoms with Gasteiger partial charge in [-0.2, -0.15) is 9.78 Å². The Hall–Kier alpha value is -3.92. The van der Waals surface area contributed by atoms with Crippen molar-refractivity contribution in [2.75, 3.05) is 5.32 Å². The van der Waals surface area contributed by atoms with E-state index in [0.29, 0.717) is 39.8 Å². The van der Waals surface area contributed by atoms with Gasteiger partial charge in [0.15, 0.2) is 0 Å². The number of nitrogens with one attached hydrogen (secondary N) is 1. The van der Waals surface area contributed by atoms with E-state index < -0.39 is 0 Å². The number of aryl methyl sites for hydroxylation is 2. The molecule has 5 heterocycles. The Balaban J connectivity index is 1.61. The molecule has 0 spiro atoms. The molecule has 1 amide bonds. The van der Waals surface area contributed by atoms with Gasteiger partial charge in [-0.15, -0.1) is 11.3 Å². The van der Waals surface area contributed by atoms with E-state index in [1.54, 1.807) is 47.5 Å². The number of hydrogen-bond donors (Lipinski definition) is 1. The zero-order valence-electron chi connectivity index (χ0n) is 19.4. The Labute approximate surface area is 199 Å². The lowest BCUT2D eigenvalue weighted by Gasteiger charge is -2.13.